The van der Waals surface area contributed by atoms with Gasteiger partial charge in [-0.1, -0.05) is 141 Å². The topological polar surface area (TPSA) is 38.7 Å². The van der Waals surface area contributed by atoms with Crippen molar-refractivity contribution in [1.82, 2.24) is 15.0 Å². The minimum Gasteiger partial charge on any atom is -0.213 e. The molecule has 0 saturated carbocycles. The van der Waals surface area contributed by atoms with Crippen LogP contribution in [-0.2, 0) is 0 Å². The molecule has 0 amide bonds. The molecule has 0 atom stereocenters. The lowest BCUT2D eigenvalue weighted by molar-refractivity contribution is 0.766. The van der Waals surface area contributed by atoms with Gasteiger partial charge in [0.05, 0.1) is 0 Å². The standard InChI is InChI=1S/C36H29N3/c1-25(2)34-37-35(39-36(38-34)33-15-9-14-32(24-33)27-12-7-4-8-13-27)31-22-20-30(21-23-31)29-18-16-28(17-19-29)26-10-5-3-6-11-26/h3-25H,1-2H3. The van der Waals surface area contributed by atoms with Crippen LogP contribution >= 0.6 is 0 Å². The minimum absolute atomic E-state index is 0.185. The number of hydrogen-bond donors (Lipinski definition) is 0. The Morgan fingerprint density at radius 3 is 1.26 bits per heavy atom. The molecule has 0 spiro atoms. The highest BCUT2D eigenvalue weighted by Gasteiger charge is 2.14. The summed E-state index contributed by atoms with van der Waals surface area (Å²) in [6, 6.07) is 46.4. The third kappa shape index (κ3) is 5.39. The Morgan fingerprint density at radius 2 is 0.744 bits per heavy atom. The zero-order valence-electron chi connectivity index (χ0n) is 22.1. The van der Waals surface area contributed by atoms with E-state index in [2.05, 4.69) is 135 Å². The van der Waals surface area contributed by atoms with Crippen molar-refractivity contribution >= 4 is 0 Å². The van der Waals surface area contributed by atoms with Crippen molar-refractivity contribution in [2.75, 3.05) is 0 Å². The van der Waals surface area contributed by atoms with Gasteiger partial charge in [0.1, 0.15) is 5.82 Å². The first-order chi connectivity index (χ1) is 19.1. The quantitative estimate of drug-likeness (QED) is 0.227. The fraction of sp³-hybridized carbons (Fsp3) is 0.0833. The van der Waals surface area contributed by atoms with Crippen molar-refractivity contribution in [2.45, 2.75) is 19.8 Å². The fourth-order valence-corrected chi connectivity index (χ4v) is 4.67. The van der Waals surface area contributed by atoms with Crippen molar-refractivity contribution in [3.63, 3.8) is 0 Å². The molecule has 0 aliphatic rings. The normalized spacial score (nSPS) is 11.1. The van der Waals surface area contributed by atoms with Crippen LogP contribution in [0, 0.1) is 0 Å². The van der Waals surface area contributed by atoms with Crippen LogP contribution in [0.3, 0.4) is 0 Å². The van der Waals surface area contributed by atoms with Gasteiger partial charge in [0.15, 0.2) is 11.6 Å². The molecule has 39 heavy (non-hydrogen) atoms. The van der Waals surface area contributed by atoms with Crippen LogP contribution < -0.4 is 0 Å². The summed E-state index contributed by atoms with van der Waals surface area (Å²) in [5, 5.41) is 0. The van der Waals surface area contributed by atoms with E-state index in [9.17, 15) is 0 Å². The molecule has 3 nitrogen and oxygen atoms in total. The Hall–Kier alpha value is -4.89. The minimum atomic E-state index is 0.185. The van der Waals surface area contributed by atoms with Gasteiger partial charge < -0.3 is 0 Å². The summed E-state index contributed by atoms with van der Waals surface area (Å²) in [5.41, 5.74) is 9.05. The molecule has 0 fully saturated rings. The summed E-state index contributed by atoms with van der Waals surface area (Å²) in [5.74, 6) is 2.37. The van der Waals surface area contributed by atoms with Gasteiger partial charge >= 0.3 is 0 Å². The second-order valence-corrected chi connectivity index (χ2v) is 9.96. The van der Waals surface area contributed by atoms with E-state index >= 15 is 0 Å². The van der Waals surface area contributed by atoms with E-state index in [0.717, 1.165) is 28.1 Å². The van der Waals surface area contributed by atoms with E-state index in [1.54, 1.807) is 0 Å². The summed E-state index contributed by atoms with van der Waals surface area (Å²) in [6.45, 7) is 4.23. The van der Waals surface area contributed by atoms with Crippen molar-refractivity contribution in [3.8, 4) is 56.2 Å². The molecular weight excluding hydrogens is 474 g/mol. The lowest BCUT2D eigenvalue weighted by Crippen LogP contribution is -2.04. The molecule has 0 radical (unpaired) electrons. The number of benzene rings is 5. The summed E-state index contributed by atoms with van der Waals surface area (Å²) in [6.07, 6.45) is 0. The third-order valence-electron chi connectivity index (χ3n) is 6.87. The van der Waals surface area contributed by atoms with E-state index in [-0.39, 0.29) is 5.92 Å². The van der Waals surface area contributed by atoms with E-state index in [1.807, 2.05) is 12.1 Å². The summed E-state index contributed by atoms with van der Waals surface area (Å²) < 4.78 is 0. The molecule has 0 aliphatic carbocycles. The first-order valence-electron chi connectivity index (χ1n) is 13.3. The molecular formula is C36H29N3. The average molecular weight is 504 g/mol. The fourth-order valence-electron chi connectivity index (χ4n) is 4.67. The second kappa shape index (κ2) is 10.8. The van der Waals surface area contributed by atoms with Crippen LogP contribution in [-0.4, -0.2) is 15.0 Å². The van der Waals surface area contributed by atoms with Gasteiger partial charge in [0.25, 0.3) is 0 Å². The summed E-state index contributed by atoms with van der Waals surface area (Å²) in [4.78, 5) is 14.6. The first-order valence-corrected chi connectivity index (χ1v) is 13.3. The van der Waals surface area contributed by atoms with Gasteiger partial charge in [-0.05, 0) is 39.4 Å². The van der Waals surface area contributed by atoms with Crippen LogP contribution in [0.15, 0.2) is 133 Å². The van der Waals surface area contributed by atoms with Crippen LogP contribution in [0.5, 0.6) is 0 Å². The van der Waals surface area contributed by atoms with Crippen molar-refractivity contribution in [3.05, 3.63) is 139 Å². The van der Waals surface area contributed by atoms with Crippen LogP contribution in [0.25, 0.3) is 56.2 Å². The second-order valence-electron chi connectivity index (χ2n) is 9.96. The molecule has 3 heteroatoms. The number of aromatic nitrogens is 3. The molecule has 0 aliphatic heterocycles. The molecule has 6 aromatic rings. The maximum atomic E-state index is 4.92. The zero-order chi connectivity index (χ0) is 26.6. The monoisotopic (exact) mass is 503 g/mol. The van der Waals surface area contributed by atoms with Crippen LogP contribution in [0.1, 0.15) is 25.6 Å². The van der Waals surface area contributed by atoms with Gasteiger partial charge in [0.2, 0.25) is 0 Å². The van der Waals surface area contributed by atoms with Gasteiger partial charge in [-0.15, -0.1) is 0 Å². The lowest BCUT2D eigenvalue weighted by Gasteiger charge is -2.11. The van der Waals surface area contributed by atoms with Gasteiger partial charge in [0, 0.05) is 17.0 Å². The number of nitrogens with zero attached hydrogens (tertiary/aromatic N) is 3. The van der Waals surface area contributed by atoms with Crippen molar-refractivity contribution < 1.29 is 0 Å². The molecule has 1 aromatic heterocycles. The maximum absolute atomic E-state index is 4.92. The van der Waals surface area contributed by atoms with Crippen molar-refractivity contribution in [1.29, 1.82) is 0 Å². The zero-order valence-corrected chi connectivity index (χ0v) is 22.1. The van der Waals surface area contributed by atoms with Crippen molar-refractivity contribution in [2.24, 2.45) is 0 Å². The Labute approximate surface area is 229 Å². The SMILES string of the molecule is CC(C)c1nc(-c2ccc(-c3ccc(-c4ccccc4)cc3)cc2)nc(-c2cccc(-c3ccccc3)c2)n1. The molecule has 0 unspecified atom stereocenters. The van der Waals surface area contributed by atoms with E-state index in [0.29, 0.717) is 11.6 Å². The number of hydrogen-bond acceptors (Lipinski definition) is 3. The number of rotatable bonds is 6. The molecule has 0 bridgehead atoms. The highest BCUT2D eigenvalue weighted by Crippen LogP contribution is 2.29. The average Bonchev–Trinajstić information content (AvgIpc) is 3.02. The van der Waals surface area contributed by atoms with Gasteiger partial charge in [-0.3, -0.25) is 0 Å². The Kier molecular flexibility index (Phi) is 6.80. The highest BCUT2D eigenvalue weighted by molar-refractivity contribution is 5.73. The smallest absolute Gasteiger partial charge is 0.163 e. The summed E-state index contributed by atoms with van der Waals surface area (Å²) in [7, 11) is 0. The molecule has 0 N–H and O–H groups in total. The predicted octanol–water partition coefficient (Wildman–Crippen LogP) is 9.33. The molecule has 5 aromatic carbocycles. The molecule has 6 rings (SSSR count). The third-order valence-corrected chi connectivity index (χ3v) is 6.87. The highest BCUT2D eigenvalue weighted by atomic mass is 15.0. The first kappa shape index (κ1) is 24.4. The predicted molar refractivity (Wildman–Crippen MR) is 161 cm³/mol. The Morgan fingerprint density at radius 1 is 0.359 bits per heavy atom. The van der Waals surface area contributed by atoms with Gasteiger partial charge in [-0.25, -0.2) is 15.0 Å². The van der Waals surface area contributed by atoms with E-state index in [4.69, 9.17) is 15.0 Å². The van der Waals surface area contributed by atoms with E-state index < -0.39 is 0 Å². The Bertz CT molecular complexity index is 1690. The van der Waals surface area contributed by atoms with E-state index in [1.165, 1.54) is 22.3 Å². The largest absolute Gasteiger partial charge is 0.213 e. The van der Waals surface area contributed by atoms with Crippen LogP contribution in [0.4, 0.5) is 0 Å². The maximum Gasteiger partial charge on any atom is 0.163 e. The summed E-state index contributed by atoms with van der Waals surface area (Å²) >= 11 is 0. The Balaban J connectivity index is 1.32. The molecule has 1 heterocycles. The van der Waals surface area contributed by atoms with Gasteiger partial charge in [-0.2, -0.15) is 0 Å². The lowest BCUT2D eigenvalue weighted by atomic mass is 9.99. The molecule has 188 valence electrons. The molecule has 0 saturated heterocycles. The van der Waals surface area contributed by atoms with Crippen LogP contribution in [0.2, 0.25) is 0 Å².